The number of methoxy groups -OCH3 is 1. The van der Waals surface area contributed by atoms with Crippen molar-refractivity contribution in [2.75, 3.05) is 20.2 Å². The summed E-state index contributed by atoms with van der Waals surface area (Å²) in [5.41, 5.74) is 3.83. The summed E-state index contributed by atoms with van der Waals surface area (Å²) in [5.74, 6) is 1.97. The molecule has 3 heteroatoms. The molecular weight excluding hydrogens is 272 g/mol. The van der Waals surface area contributed by atoms with Crippen molar-refractivity contribution in [2.45, 2.75) is 46.1 Å². The van der Waals surface area contributed by atoms with Crippen LogP contribution in [0.1, 0.15) is 43.7 Å². The van der Waals surface area contributed by atoms with Crippen LogP contribution in [-0.2, 0) is 6.54 Å². The molecule has 1 saturated heterocycles. The van der Waals surface area contributed by atoms with Crippen LogP contribution in [0.5, 0.6) is 5.75 Å². The summed E-state index contributed by atoms with van der Waals surface area (Å²) in [6.07, 6.45) is 7.44. The molecule has 0 aliphatic carbocycles. The second-order valence-corrected chi connectivity index (χ2v) is 6.65. The van der Waals surface area contributed by atoms with Crippen LogP contribution < -0.4 is 4.74 Å². The van der Waals surface area contributed by atoms with Gasteiger partial charge >= 0.3 is 0 Å². The van der Waals surface area contributed by atoms with Gasteiger partial charge in [0.15, 0.2) is 0 Å². The van der Waals surface area contributed by atoms with Crippen molar-refractivity contribution in [1.82, 2.24) is 9.88 Å². The standard InChI is InChI=1S/C19H28N2O/c1-4-5-15-7-10-21(11-8-15)13-17-16-6-9-20-19(16)14(2)12-18(17)22-3/h6,9,12,15,20H,4-5,7-8,10-11,13H2,1-3H3. The first-order valence-electron chi connectivity index (χ1n) is 8.58. The van der Waals surface area contributed by atoms with E-state index in [-0.39, 0.29) is 0 Å². The molecule has 22 heavy (non-hydrogen) atoms. The third-order valence-electron chi connectivity index (χ3n) is 5.12. The van der Waals surface area contributed by atoms with E-state index >= 15 is 0 Å². The third-order valence-corrected chi connectivity index (χ3v) is 5.12. The van der Waals surface area contributed by atoms with Crippen molar-refractivity contribution in [3.8, 4) is 5.75 Å². The number of piperidine rings is 1. The molecule has 1 aromatic carbocycles. The molecule has 0 amide bonds. The number of H-pyrrole nitrogens is 1. The van der Waals surface area contributed by atoms with E-state index in [0.29, 0.717) is 0 Å². The topological polar surface area (TPSA) is 28.3 Å². The Labute approximate surface area is 133 Å². The predicted octanol–water partition coefficient (Wildman–Crippen LogP) is 4.50. The number of benzene rings is 1. The zero-order valence-electron chi connectivity index (χ0n) is 14.1. The Balaban J connectivity index is 1.79. The van der Waals surface area contributed by atoms with Gasteiger partial charge in [0.2, 0.25) is 0 Å². The number of nitrogens with zero attached hydrogens (tertiary/aromatic N) is 1. The summed E-state index contributed by atoms with van der Waals surface area (Å²) in [4.78, 5) is 5.96. The first-order valence-corrected chi connectivity index (χ1v) is 8.58. The Morgan fingerprint density at radius 1 is 1.32 bits per heavy atom. The SMILES string of the molecule is CCCC1CCN(Cc2c(OC)cc(C)c3[nH]ccc23)CC1. The van der Waals surface area contributed by atoms with E-state index < -0.39 is 0 Å². The van der Waals surface area contributed by atoms with Crippen LogP contribution in [0.15, 0.2) is 18.3 Å². The average molecular weight is 300 g/mol. The largest absolute Gasteiger partial charge is 0.496 e. The first-order chi connectivity index (χ1) is 10.7. The number of nitrogens with one attached hydrogen (secondary N) is 1. The lowest BCUT2D eigenvalue weighted by molar-refractivity contribution is 0.171. The quantitative estimate of drug-likeness (QED) is 0.880. The molecule has 0 atom stereocenters. The normalized spacial score (nSPS) is 17.2. The van der Waals surface area contributed by atoms with E-state index in [1.807, 2.05) is 6.20 Å². The molecule has 0 unspecified atom stereocenters. The third kappa shape index (κ3) is 3.00. The number of ether oxygens (including phenoxy) is 1. The number of aryl methyl sites for hydroxylation is 1. The van der Waals surface area contributed by atoms with Crippen LogP contribution in [0, 0.1) is 12.8 Å². The predicted molar refractivity (Wildman–Crippen MR) is 92.5 cm³/mol. The fraction of sp³-hybridized carbons (Fsp3) is 0.579. The van der Waals surface area contributed by atoms with E-state index in [2.05, 4.69) is 35.9 Å². The zero-order chi connectivity index (χ0) is 15.5. The first kappa shape index (κ1) is 15.4. The van der Waals surface area contributed by atoms with Gasteiger partial charge in [-0.25, -0.2) is 0 Å². The van der Waals surface area contributed by atoms with Crippen LogP contribution in [0.4, 0.5) is 0 Å². The average Bonchev–Trinajstić information content (AvgIpc) is 3.02. The van der Waals surface area contributed by atoms with Crippen molar-refractivity contribution in [2.24, 2.45) is 5.92 Å². The Hall–Kier alpha value is -1.48. The minimum absolute atomic E-state index is 0.938. The molecule has 3 nitrogen and oxygen atoms in total. The van der Waals surface area contributed by atoms with Crippen molar-refractivity contribution < 1.29 is 4.74 Å². The number of aromatic nitrogens is 1. The van der Waals surface area contributed by atoms with Crippen LogP contribution in [0.25, 0.3) is 10.9 Å². The minimum Gasteiger partial charge on any atom is -0.496 e. The van der Waals surface area contributed by atoms with Crippen LogP contribution in [0.3, 0.4) is 0 Å². The van der Waals surface area contributed by atoms with Crippen molar-refractivity contribution in [3.63, 3.8) is 0 Å². The maximum absolute atomic E-state index is 5.66. The van der Waals surface area contributed by atoms with Gasteiger partial charge in [0.25, 0.3) is 0 Å². The van der Waals surface area contributed by atoms with Gasteiger partial charge in [0.1, 0.15) is 5.75 Å². The fourth-order valence-electron chi connectivity index (χ4n) is 3.85. The van der Waals surface area contributed by atoms with Gasteiger partial charge in [-0.05, 0) is 56.5 Å². The van der Waals surface area contributed by atoms with E-state index in [9.17, 15) is 0 Å². The zero-order valence-corrected chi connectivity index (χ0v) is 14.1. The number of hydrogen-bond donors (Lipinski definition) is 1. The fourth-order valence-corrected chi connectivity index (χ4v) is 3.85. The monoisotopic (exact) mass is 300 g/mol. The van der Waals surface area contributed by atoms with Crippen LogP contribution in [0.2, 0.25) is 0 Å². The van der Waals surface area contributed by atoms with Gasteiger partial charge in [0, 0.05) is 29.2 Å². The highest BCUT2D eigenvalue weighted by atomic mass is 16.5. The molecule has 0 radical (unpaired) electrons. The highest BCUT2D eigenvalue weighted by Crippen LogP contribution is 2.32. The molecule has 0 saturated carbocycles. The smallest absolute Gasteiger partial charge is 0.124 e. The van der Waals surface area contributed by atoms with Crippen LogP contribution in [-0.4, -0.2) is 30.1 Å². The summed E-state index contributed by atoms with van der Waals surface area (Å²) in [7, 11) is 1.78. The van der Waals surface area contributed by atoms with Gasteiger partial charge in [-0.15, -0.1) is 0 Å². The van der Waals surface area contributed by atoms with Gasteiger partial charge in [-0.3, -0.25) is 4.90 Å². The molecule has 1 N–H and O–H groups in total. The molecule has 120 valence electrons. The number of likely N-dealkylation sites (tertiary alicyclic amines) is 1. The van der Waals surface area contributed by atoms with E-state index in [1.165, 1.54) is 60.8 Å². The lowest BCUT2D eigenvalue weighted by atomic mass is 9.92. The highest BCUT2D eigenvalue weighted by molar-refractivity contribution is 5.88. The van der Waals surface area contributed by atoms with Gasteiger partial charge in [-0.1, -0.05) is 19.8 Å². The molecule has 1 aromatic heterocycles. The molecule has 2 heterocycles. The second kappa shape index (κ2) is 6.74. The lowest BCUT2D eigenvalue weighted by Gasteiger charge is -2.32. The molecule has 3 rings (SSSR count). The van der Waals surface area contributed by atoms with Crippen LogP contribution >= 0.6 is 0 Å². The van der Waals surface area contributed by atoms with E-state index in [4.69, 9.17) is 4.74 Å². The maximum atomic E-state index is 5.66. The molecule has 1 aliphatic heterocycles. The van der Waals surface area contributed by atoms with E-state index in [1.54, 1.807) is 7.11 Å². The van der Waals surface area contributed by atoms with Gasteiger partial charge in [-0.2, -0.15) is 0 Å². The van der Waals surface area contributed by atoms with Gasteiger partial charge < -0.3 is 9.72 Å². The number of hydrogen-bond acceptors (Lipinski definition) is 2. The Kier molecular flexibility index (Phi) is 4.72. The van der Waals surface area contributed by atoms with E-state index in [0.717, 1.165) is 18.2 Å². The molecule has 1 fully saturated rings. The summed E-state index contributed by atoms with van der Waals surface area (Å²) in [6, 6.07) is 4.35. The Bertz CT molecular complexity index is 624. The molecular formula is C19H28N2O. The second-order valence-electron chi connectivity index (χ2n) is 6.65. The number of rotatable bonds is 5. The van der Waals surface area contributed by atoms with Crippen molar-refractivity contribution in [3.05, 3.63) is 29.5 Å². The number of aromatic amines is 1. The molecule has 1 aliphatic rings. The summed E-state index contributed by atoms with van der Waals surface area (Å²) in [6.45, 7) is 7.87. The lowest BCUT2D eigenvalue weighted by Crippen LogP contribution is -2.33. The minimum atomic E-state index is 0.938. The highest BCUT2D eigenvalue weighted by Gasteiger charge is 2.21. The molecule has 0 spiro atoms. The van der Waals surface area contributed by atoms with Crippen molar-refractivity contribution >= 4 is 10.9 Å². The summed E-state index contributed by atoms with van der Waals surface area (Å²) >= 11 is 0. The Morgan fingerprint density at radius 2 is 2.09 bits per heavy atom. The van der Waals surface area contributed by atoms with Gasteiger partial charge in [0.05, 0.1) is 7.11 Å². The summed E-state index contributed by atoms with van der Waals surface area (Å²) < 4.78 is 5.66. The molecule has 2 aromatic rings. The Morgan fingerprint density at radius 3 is 2.77 bits per heavy atom. The number of fused-ring (bicyclic) bond motifs is 1. The summed E-state index contributed by atoms with van der Waals surface area (Å²) in [5, 5.41) is 1.31. The van der Waals surface area contributed by atoms with Crippen molar-refractivity contribution in [1.29, 1.82) is 0 Å². The molecule has 0 bridgehead atoms. The maximum Gasteiger partial charge on any atom is 0.124 e.